The van der Waals surface area contributed by atoms with Gasteiger partial charge in [0.1, 0.15) is 0 Å². The summed E-state index contributed by atoms with van der Waals surface area (Å²) >= 11 is 0. The van der Waals surface area contributed by atoms with Gasteiger partial charge in [0, 0.05) is 14.1 Å². The van der Waals surface area contributed by atoms with Gasteiger partial charge < -0.3 is 14.5 Å². The number of anilines is 1. The van der Waals surface area contributed by atoms with Gasteiger partial charge in [0.25, 0.3) is 5.95 Å². The Morgan fingerprint density at radius 2 is 2.25 bits per heavy atom. The normalized spacial score (nSPS) is 13.0. The molecule has 0 radical (unpaired) electrons. The summed E-state index contributed by atoms with van der Waals surface area (Å²) < 4.78 is 4.87. The van der Waals surface area contributed by atoms with Crippen LogP contribution >= 0.6 is 0 Å². The van der Waals surface area contributed by atoms with Crippen LogP contribution in [0.2, 0.25) is 0 Å². The molecular formula is C7H13N3O2. The zero-order chi connectivity index (χ0) is 9.14. The lowest BCUT2D eigenvalue weighted by atomic mass is 10.3. The second-order valence-electron chi connectivity index (χ2n) is 2.94. The molecule has 1 rings (SSSR count). The molecule has 5 heteroatoms. The van der Waals surface area contributed by atoms with Gasteiger partial charge in [0.05, 0.1) is 12.5 Å². The maximum atomic E-state index is 9.01. The van der Waals surface area contributed by atoms with Gasteiger partial charge in [0.15, 0.2) is 0 Å². The second kappa shape index (κ2) is 3.53. The van der Waals surface area contributed by atoms with Gasteiger partial charge in [0.2, 0.25) is 5.89 Å². The van der Waals surface area contributed by atoms with E-state index in [9.17, 15) is 0 Å². The van der Waals surface area contributed by atoms with E-state index in [4.69, 9.17) is 9.63 Å². The van der Waals surface area contributed by atoms with Crippen LogP contribution in [0, 0.1) is 0 Å². The van der Waals surface area contributed by atoms with E-state index in [1.807, 2.05) is 14.1 Å². The molecule has 0 saturated carbocycles. The lowest BCUT2D eigenvalue weighted by molar-refractivity contribution is 0.181. The van der Waals surface area contributed by atoms with Crippen LogP contribution in [-0.2, 0) is 6.42 Å². The summed E-state index contributed by atoms with van der Waals surface area (Å²) in [6, 6.07) is 0. The quantitative estimate of drug-likeness (QED) is 0.696. The zero-order valence-corrected chi connectivity index (χ0v) is 7.48. The van der Waals surface area contributed by atoms with Crippen LogP contribution in [0.4, 0.5) is 5.95 Å². The summed E-state index contributed by atoms with van der Waals surface area (Å²) in [5.41, 5.74) is 0. The molecule has 0 bridgehead atoms. The summed E-state index contributed by atoms with van der Waals surface area (Å²) in [5, 5.41) is 12.7. The fourth-order valence-electron chi connectivity index (χ4n) is 0.763. The molecule has 0 amide bonds. The standard InChI is InChI=1S/C7H13N3O2/c1-5(11)4-6-8-7(9-12-6)10(2)3/h5,11H,4H2,1-3H3. The van der Waals surface area contributed by atoms with Gasteiger partial charge in [-0.05, 0) is 12.1 Å². The predicted molar refractivity (Wildman–Crippen MR) is 44.0 cm³/mol. The first-order chi connectivity index (χ1) is 5.59. The van der Waals surface area contributed by atoms with E-state index in [-0.39, 0.29) is 0 Å². The lowest BCUT2D eigenvalue weighted by Gasteiger charge is -2.02. The predicted octanol–water partition coefficient (Wildman–Crippen LogP) is 0.0589. The average molecular weight is 171 g/mol. The molecule has 68 valence electrons. The highest BCUT2D eigenvalue weighted by atomic mass is 16.5. The molecule has 0 aliphatic carbocycles. The van der Waals surface area contributed by atoms with Gasteiger partial charge in [-0.15, -0.1) is 0 Å². The van der Waals surface area contributed by atoms with E-state index in [0.717, 1.165) is 0 Å². The molecule has 1 unspecified atom stereocenters. The Morgan fingerprint density at radius 3 is 2.67 bits per heavy atom. The van der Waals surface area contributed by atoms with E-state index < -0.39 is 6.10 Å². The summed E-state index contributed by atoms with van der Waals surface area (Å²) in [6.45, 7) is 1.68. The number of rotatable bonds is 3. The number of aromatic nitrogens is 2. The molecule has 5 nitrogen and oxygen atoms in total. The molecule has 12 heavy (non-hydrogen) atoms. The topological polar surface area (TPSA) is 62.4 Å². The largest absolute Gasteiger partial charge is 0.393 e. The smallest absolute Gasteiger partial charge is 0.265 e. The third-order valence-corrected chi connectivity index (χ3v) is 1.33. The third kappa shape index (κ3) is 2.20. The Morgan fingerprint density at radius 1 is 1.58 bits per heavy atom. The molecule has 1 heterocycles. The van der Waals surface area contributed by atoms with Crippen LogP contribution in [0.3, 0.4) is 0 Å². The number of hydrogen-bond acceptors (Lipinski definition) is 5. The van der Waals surface area contributed by atoms with Gasteiger partial charge in [-0.25, -0.2) is 0 Å². The van der Waals surface area contributed by atoms with Crippen LogP contribution in [0.1, 0.15) is 12.8 Å². The molecule has 1 atom stereocenters. The van der Waals surface area contributed by atoms with Crippen molar-refractivity contribution in [1.82, 2.24) is 10.1 Å². The highest BCUT2D eigenvalue weighted by Crippen LogP contribution is 2.06. The van der Waals surface area contributed by atoms with Gasteiger partial charge in [-0.1, -0.05) is 0 Å². The average Bonchev–Trinajstić information content (AvgIpc) is 2.34. The van der Waals surface area contributed by atoms with E-state index in [1.165, 1.54) is 0 Å². The summed E-state index contributed by atoms with van der Waals surface area (Å²) in [4.78, 5) is 5.78. The van der Waals surface area contributed by atoms with E-state index >= 15 is 0 Å². The van der Waals surface area contributed by atoms with E-state index in [1.54, 1.807) is 11.8 Å². The van der Waals surface area contributed by atoms with Crippen LogP contribution in [0.15, 0.2) is 4.52 Å². The number of aliphatic hydroxyl groups excluding tert-OH is 1. The molecule has 0 aromatic carbocycles. The van der Waals surface area contributed by atoms with Crippen molar-refractivity contribution < 1.29 is 9.63 Å². The van der Waals surface area contributed by atoms with E-state index in [0.29, 0.717) is 18.3 Å². The lowest BCUT2D eigenvalue weighted by Crippen LogP contribution is -2.10. The maximum absolute atomic E-state index is 9.01. The first-order valence-corrected chi connectivity index (χ1v) is 3.77. The monoisotopic (exact) mass is 171 g/mol. The van der Waals surface area contributed by atoms with Crippen LogP contribution in [-0.4, -0.2) is 35.4 Å². The highest BCUT2D eigenvalue weighted by Gasteiger charge is 2.09. The fourth-order valence-corrected chi connectivity index (χ4v) is 0.763. The molecule has 0 aliphatic heterocycles. The molecule has 0 fully saturated rings. The first-order valence-electron chi connectivity index (χ1n) is 3.77. The summed E-state index contributed by atoms with van der Waals surface area (Å²) in [6.07, 6.45) is -0.0404. The Hall–Kier alpha value is -1.10. The van der Waals surface area contributed by atoms with Crippen LogP contribution in [0.5, 0.6) is 0 Å². The first kappa shape index (κ1) is 8.99. The molecule has 0 spiro atoms. The number of nitrogens with zero attached hydrogens (tertiary/aromatic N) is 3. The SMILES string of the molecule is CC(O)Cc1nc(N(C)C)no1. The third-order valence-electron chi connectivity index (χ3n) is 1.33. The Kier molecular flexibility index (Phi) is 2.65. The Bertz CT molecular complexity index is 245. The number of aliphatic hydroxyl groups is 1. The summed E-state index contributed by atoms with van der Waals surface area (Å²) in [5.74, 6) is 0.999. The van der Waals surface area contributed by atoms with Crippen molar-refractivity contribution in [2.75, 3.05) is 19.0 Å². The van der Waals surface area contributed by atoms with Gasteiger partial charge in [-0.2, -0.15) is 4.98 Å². The Labute approximate surface area is 71.0 Å². The zero-order valence-electron chi connectivity index (χ0n) is 7.48. The highest BCUT2D eigenvalue weighted by molar-refractivity contribution is 5.23. The summed E-state index contributed by atoms with van der Waals surface area (Å²) in [7, 11) is 3.66. The van der Waals surface area contributed by atoms with Crippen molar-refractivity contribution in [2.45, 2.75) is 19.4 Å². The molecule has 0 aliphatic rings. The maximum Gasteiger partial charge on any atom is 0.265 e. The van der Waals surface area contributed by atoms with Crippen LogP contribution in [0.25, 0.3) is 0 Å². The van der Waals surface area contributed by atoms with E-state index in [2.05, 4.69) is 10.1 Å². The minimum absolute atomic E-state index is 0.404. The van der Waals surface area contributed by atoms with Crippen LogP contribution < -0.4 is 4.90 Å². The van der Waals surface area contributed by atoms with Crippen molar-refractivity contribution in [3.63, 3.8) is 0 Å². The minimum Gasteiger partial charge on any atom is -0.393 e. The van der Waals surface area contributed by atoms with Gasteiger partial charge in [-0.3, -0.25) is 0 Å². The van der Waals surface area contributed by atoms with Crippen molar-refractivity contribution in [2.24, 2.45) is 0 Å². The second-order valence-corrected chi connectivity index (χ2v) is 2.94. The van der Waals surface area contributed by atoms with Crippen molar-refractivity contribution >= 4 is 5.95 Å². The molecule has 1 aromatic rings. The van der Waals surface area contributed by atoms with Crippen molar-refractivity contribution in [3.05, 3.63) is 5.89 Å². The number of hydrogen-bond donors (Lipinski definition) is 1. The minimum atomic E-state index is -0.444. The molecule has 0 saturated heterocycles. The molecular weight excluding hydrogens is 158 g/mol. The fraction of sp³-hybridized carbons (Fsp3) is 0.714. The van der Waals surface area contributed by atoms with Crippen molar-refractivity contribution in [1.29, 1.82) is 0 Å². The van der Waals surface area contributed by atoms with Crippen molar-refractivity contribution in [3.8, 4) is 0 Å². The van der Waals surface area contributed by atoms with Gasteiger partial charge >= 0.3 is 0 Å². The Balaban J connectivity index is 2.64. The molecule has 1 N–H and O–H groups in total. The molecule has 1 aromatic heterocycles.